The molecule has 0 saturated heterocycles. The second-order valence-electron chi connectivity index (χ2n) is 4.84. The Morgan fingerprint density at radius 3 is 2.62 bits per heavy atom. The van der Waals surface area contributed by atoms with E-state index >= 15 is 0 Å². The van der Waals surface area contributed by atoms with Gasteiger partial charge in [0.15, 0.2) is 5.16 Å². The summed E-state index contributed by atoms with van der Waals surface area (Å²) in [5.41, 5.74) is 2.54. The lowest BCUT2D eigenvalue weighted by molar-refractivity contribution is 0.838. The normalized spacial score (nSPS) is 12.5. The van der Waals surface area contributed by atoms with Crippen LogP contribution in [0.5, 0.6) is 0 Å². The average molecular weight is 297 g/mol. The van der Waals surface area contributed by atoms with Crippen molar-refractivity contribution in [3.8, 4) is 0 Å². The maximum Gasteiger partial charge on any atom is 0.355 e. The SMILES string of the molecule is Cc1cccn2c(=O)nc(SC(C)c3ccccc3)nc12. The van der Waals surface area contributed by atoms with Gasteiger partial charge in [0.25, 0.3) is 0 Å². The van der Waals surface area contributed by atoms with Crippen LogP contribution in [-0.4, -0.2) is 14.4 Å². The fourth-order valence-electron chi connectivity index (χ4n) is 2.16. The van der Waals surface area contributed by atoms with Crippen LogP contribution in [0.4, 0.5) is 0 Å². The van der Waals surface area contributed by atoms with Gasteiger partial charge in [0.2, 0.25) is 0 Å². The number of fused-ring (bicyclic) bond motifs is 1. The van der Waals surface area contributed by atoms with Crippen molar-refractivity contribution >= 4 is 17.4 Å². The summed E-state index contributed by atoms with van der Waals surface area (Å²) < 4.78 is 1.48. The van der Waals surface area contributed by atoms with E-state index in [9.17, 15) is 4.79 Å². The molecule has 0 aliphatic rings. The number of aromatic nitrogens is 3. The van der Waals surface area contributed by atoms with Crippen LogP contribution in [0.2, 0.25) is 0 Å². The highest BCUT2D eigenvalue weighted by Crippen LogP contribution is 2.32. The molecule has 2 aromatic heterocycles. The number of aryl methyl sites for hydroxylation is 1. The number of hydrogen-bond acceptors (Lipinski definition) is 4. The molecule has 0 saturated carbocycles. The highest BCUT2D eigenvalue weighted by molar-refractivity contribution is 7.99. The van der Waals surface area contributed by atoms with Gasteiger partial charge < -0.3 is 0 Å². The van der Waals surface area contributed by atoms with Gasteiger partial charge in [-0.15, -0.1) is 0 Å². The van der Waals surface area contributed by atoms with Crippen molar-refractivity contribution in [2.75, 3.05) is 0 Å². The van der Waals surface area contributed by atoms with Gasteiger partial charge in [-0.25, -0.2) is 9.78 Å². The maximum atomic E-state index is 12.1. The topological polar surface area (TPSA) is 47.3 Å². The van der Waals surface area contributed by atoms with Crippen molar-refractivity contribution in [1.82, 2.24) is 14.4 Å². The van der Waals surface area contributed by atoms with Crippen LogP contribution >= 0.6 is 11.8 Å². The smallest absolute Gasteiger partial charge is 0.251 e. The van der Waals surface area contributed by atoms with Gasteiger partial charge in [-0.2, -0.15) is 4.98 Å². The molecule has 0 aliphatic carbocycles. The molecule has 1 aromatic carbocycles. The molecule has 4 nitrogen and oxygen atoms in total. The summed E-state index contributed by atoms with van der Waals surface area (Å²) in [6.07, 6.45) is 1.69. The van der Waals surface area contributed by atoms with Crippen LogP contribution in [0.3, 0.4) is 0 Å². The Kier molecular flexibility index (Phi) is 3.75. The molecule has 0 spiro atoms. The largest absolute Gasteiger partial charge is 0.355 e. The van der Waals surface area contributed by atoms with Gasteiger partial charge in [0.1, 0.15) is 5.65 Å². The third-order valence-electron chi connectivity index (χ3n) is 3.31. The van der Waals surface area contributed by atoms with E-state index in [0.29, 0.717) is 10.8 Å². The maximum absolute atomic E-state index is 12.1. The lowest BCUT2D eigenvalue weighted by atomic mass is 10.2. The molecule has 5 heteroatoms. The fraction of sp³-hybridized carbons (Fsp3) is 0.188. The number of thioether (sulfide) groups is 1. The van der Waals surface area contributed by atoms with Crippen LogP contribution in [0.15, 0.2) is 58.6 Å². The van der Waals surface area contributed by atoms with Crippen molar-refractivity contribution in [2.24, 2.45) is 0 Å². The first-order chi connectivity index (χ1) is 10.1. The van der Waals surface area contributed by atoms with Crippen LogP contribution < -0.4 is 5.69 Å². The minimum absolute atomic E-state index is 0.192. The second kappa shape index (κ2) is 5.69. The third kappa shape index (κ3) is 2.83. The zero-order valence-electron chi connectivity index (χ0n) is 11.9. The van der Waals surface area contributed by atoms with Crippen LogP contribution in [0.25, 0.3) is 5.65 Å². The number of benzene rings is 1. The molecule has 0 N–H and O–H groups in total. The van der Waals surface area contributed by atoms with Crippen LogP contribution in [0, 0.1) is 6.92 Å². The van der Waals surface area contributed by atoms with E-state index in [4.69, 9.17) is 0 Å². The minimum Gasteiger partial charge on any atom is -0.251 e. The Labute approximate surface area is 126 Å². The quantitative estimate of drug-likeness (QED) is 0.696. The molecule has 0 amide bonds. The second-order valence-corrected chi connectivity index (χ2v) is 6.15. The highest BCUT2D eigenvalue weighted by Gasteiger charge is 2.12. The first-order valence-electron chi connectivity index (χ1n) is 6.73. The Balaban J connectivity index is 1.98. The van der Waals surface area contributed by atoms with Crippen molar-refractivity contribution in [3.05, 3.63) is 70.3 Å². The molecule has 21 heavy (non-hydrogen) atoms. The summed E-state index contributed by atoms with van der Waals surface area (Å²) in [4.78, 5) is 20.7. The van der Waals surface area contributed by atoms with Crippen molar-refractivity contribution in [2.45, 2.75) is 24.3 Å². The van der Waals surface area contributed by atoms with E-state index in [1.165, 1.54) is 21.7 Å². The summed E-state index contributed by atoms with van der Waals surface area (Å²) in [7, 11) is 0. The standard InChI is InChI=1S/C16H15N3OS/c1-11-7-6-10-19-14(11)17-15(18-16(19)20)21-12(2)13-8-4-3-5-9-13/h3-10,12H,1-2H3. The Hall–Kier alpha value is -2.14. The molecule has 3 rings (SSSR count). The average Bonchev–Trinajstić information content (AvgIpc) is 2.49. The van der Waals surface area contributed by atoms with E-state index < -0.39 is 0 Å². The summed E-state index contributed by atoms with van der Waals surface area (Å²) >= 11 is 1.50. The number of nitrogens with zero attached hydrogens (tertiary/aromatic N) is 3. The zero-order valence-corrected chi connectivity index (χ0v) is 12.7. The monoisotopic (exact) mass is 297 g/mol. The van der Waals surface area contributed by atoms with E-state index in [0.717, 1.165) is 5.56 Å². The Bertz CT molecular complexity index is 830. The first-order valence-corrected chi connectivity index (χ1v) is 7.61. The van der Waals surface area contributed by atoms with E-state index in [-0.39, 0.29) is 10.9 Å². The molecular weight excluding hydrogens is 282 g/mol. The molecule has 0 bridgehead atoms. The van der Waals surface area contributed by atoms with E-state index in [1.807, 2.05) is 37.3 Å². The van der Waals surface area contributed by atoms with Gasteiger partial charge in [0, 0.05) is 11.4 Å². The van der Waals surface area contributed by atoms with Gasteiger partial charge >= 0.3 is 5.69 Å². The molecule has 2 heterocycles. The van der Waals surface area contributed by atoms with E-state index in [1.54, 1.807) is 6.20 Å². The van der Waals surface area contributed by atoms with Crippen molar-refractivity contribution in [1.29, 1.82) is 0 Å². The molecular formula is C16H15N3OS. The Morgan fingerprint density at radius 1 is 1.10 bits per heavy atom. The molecule has 3 aromatic rings. The lowest BCUT2D eigenvalue weighted by Crippen LogP contribution is -2.19. The minimum atomic E-state index is -0.286. The fourth-order valence-corrected chi connectivity index (χ4v) is 3.04. The summed E-state index contributed by atoms with van der Waals surface area (Å²) in [5, 5.41) is 0.711. The number of hydrogen-bond donors (Lipinski definition) is 0. The molecule has 106 valence electrons. The van der Waals surface area contributed by atoms with Crippen molar-refractivity contribution in [3.63, 3.8) is 0 Å². The third-order valence-corrected chi connectivity index (χ3v) is 4.33. The Morgan fingerprint density at radius 2 is 1.86 bits per heavy atom. The van der Waals surface area contributed by atoms with Gasteiger partial charge in [-0.3, -0.25) is 4.40 Å². The number of pyridine rings is 1. The molecule has 0 radical (unpaired) electrons. The first kappa shape index (κ1) is 13.8. The van der Waals surface area contributed by atoms with Gasteiger partial charge in [-0.05, 0) is 31.0 Å². The summed E-state index contributed by atoms with van der Waals surface area (Å²) in [6.45, 7) is 4.03. The molecule has 0 fully saturated rings. The van der Waals surface area contributed by atoms with Gasteiger partial charge in [-0.1, -0.05) is 48.2 Å². The molecule has 0 aliphatic heterocycles. The van der Waals surface area contributed by atoms with E-state index in [2.05, 4.69) is 29.0 Å². The predicted octanol–water partition coefficient (Wildman–Crippen LogP) is 3.25. The summed E-state index contributed by atoms with van der Waals surface area (Å²) in [6, 6.07) is 13.9. The lowest BCUT2D eigenvalue weighted by Gasteiger charge is -2.11. The van der Waals surface area contributed by atoms with Crippen molar-refractivity contribution < 1.29 is 0 Å². The summed E-state index contributed by atoms with van der Waals surface area (Å²) in [5.74, 6) is 0. The molecule has 1 atom stereocenters. The zero-order chi connectivity index (χ0) is 14.8. The highest BCUT2D eigenvalue weighted by atomic mass is 32.2. The van der Waals surface area contributed by atoms with Crippen LogP contribution in [0.1, 0.15) is 23.3 Å². The van der Waals surface area contributed by atoms with Gasteiger partial charge in [0.05, 0.1) is 0 Å². The van der Waals surface area contributed by atoms with Crippen LogP contribution in [-0.2, 0) is 0 Å². The predicted molar refractivity (Wildman–Crippen MR) is 84.7 cm³/mol. The molecule has 1 unspecified atom stereocenters. The number of rotatable bonds is 3.